The van der Waals surface area contributed by atoms with Crippen molar-refractivity contribution in [2.75, 3.05) is 5.88 Å². The Morgan fingerprint density at radius 2 is 1.94 bits per heavy atom. The highest BCUT2D eigenvalue weighted by atomic mass is 35.5. The molecular formula is C13H15ClN2S. The van der Waals surface area contributed by atoms with Gasteiger partial charge in [-0.15, -0.1) is 21.8 Å². The Morgan fingerprint density at radius 3 is 2.59 bits per heavy atom. The average molecular weight is 267 g/mol. The van der Waals surface area contributed by atoms with Crippen LogP contribution in [0.4, 0.5) is 0 Å². The summed E-state index contributed by atoms with van der Waals surface area (Å²) in [7, 11) is 0. The smallest absolute Gasteiger partial charge is 0.143 e. The standard InChI is InChI=1S/C13H15ClN2S/c1-2-10-5-7-11(8-6-10)13-16-15-12(17-13)4-3-9-14/h5-8H,2-4,9H2,1H3. The largest absolute Gasteiger partial charge is 0.147 e. The van der Waals surface area contributed by atoms with Crippen molar-refractivity contribution in [3.05, 3.63) is 34.8 Å². The SMILES string of the molecule is CCc1ccc(-c2nnc(CCCCl)s2)cc1. The number of halogens is 1. The highest BCUT2D eigenvalue weighted by Gasteiger charge is 2.06. The molecule has 0 aliphatic heterocycles. The molecule has 0 aliphatic rings. The Balaban J connectivity index is 2.12. The van der Waals surface area contributed by atoms with Gasteiger partial charge in [-0.2, -0.15) is 0 Å². The molecule has 1 heterocycles. The van der Waals surface area contributed by atoms with Gasteiger partial charge in [-0.3, -0.25) is 0 Å². The molecule has 1 aromatic carbocycles. The fourth-order valence-corrected chi connectivity index (χ4v) is 2.59. The Bertz CT molecular complexity index is 465. The molecule has 0 amide bonds. The van der Waals surface area contributed by atoms with Gasteiger partial charge in [-0.05, 0) is 18.4 Å². The van der Waals surface area contributed by atoms with Gasteiger partial charge in [-0.25, -0.2) is 0 Å². The van der Waals surface area contributed by atoms with E-state index >= 15 is 0 Å². The van der Waals surface area contributed by atoms with Gasteiger partial charge in [0.25, 0.3) is 0 Å². The van der Waals surface area contributed by atoms with Gasteiger partial charge in [-0.1, -0.05) is 42.5 Å². The molecule has 2 nitrogen and oxygen atoms in total. The molecule has 0 radical (unpaired) electrons. The molecule has 0 bridgehead atoms. The van der Waals surface area contributed by atoms with E-state index in [9.17, 15) is 0 Å². The van der Waals surface area contributed by atoms with Crippen molar-refractivity contribution in [3.8, 4) is 10.6 Å². The molecule has 0 spiro atoms. The summed E-state index contributed by atoms with van der Waals surface area (Å²) in [4.78, 5) is 0. The predicted octanol–water partition coefficient (Wildman–Crippen LogP) is 3.94. The first-order chi connectivity index (χ1) is 8.33. The number of aryl methyl sites for hydroxylation is 2. The Hall–Kier alpha value is -0.930. The maximum atomic E-state index is 5.67. The third-order valence-electron chi connectivity index (χ3n) is 2.60. The van der Waals surface area contributed by atoms with E-state index in [1.165, 1.54) is 5.56 Å². The van der Waals surface area contributed by atoms with Crippen molar-refractivity contribution in [1.82, 2.24) is 10.2 Å². The van der Waals surface area contributed by atoms with Crippen LogP contribution in [0.25, 0.3) is 10.6 Å². The number of rotatable bonds is 5. The van der Waals surface area contributed by atoms with Crippen LogP contribution in [0.5, 0.6) is 0 Å². The second-order valence-corrected chi connectivity index (χ2v) is 5.28. The minimum Gasteiger partial charge on any atom is -0.143 e. The van der Waals surface area contributed by atoms with Crippen molar-refractivity contribution in [2.45, 2.75) is 26.2 Å². The highest BCUT2D eigenvalue weighted by molar-refractivity contribution is 7.14. The topological polar surface area (TPSA) is 25.8 Å². The van der Waals surface area contributed by atoms with Crippen LogP contribution < -0.4 is 0 Å². The van der Waals surface area contributed by atoms with Crippen LogP contribution in [0.3, 0.4) is 0 Å². The highest BCUT2D eigenvalue weighted by Crippen LogP contribution is 2.24. The molecule has 1 aromatic heterocycles. The van der Waals surface area contributed by atoms with E-state index < -0.39 is 0 Å². The lowest BCUT2D eigenvalue weighted by atomic mass is 10.1. The molecule has 0 saturated carbocycles. The van der Waals surface area contributed by atoms with E-state index in [0.29, 0.717) is 5.88 Å². The average Bonchev–Trinajstić information content (AvgIpc) is 2.85. The number of alkyl halides is 1. The van der Waals surface area contributed by atoms with E-state index in [2.05, 4.69) is 41.4 Å². The van der Waals surface area contributed by atoms with Crippen molar-refractivity contribution in [2.24, 2.45) is 0 Å². The van der Waals surface area contributed by atoms with Gasteiger partial charge in [0.05, 0.1) is 0 Å². The monoisotopic (exact) mass is 266 g/mol. The first kappa shape index (κ1) is 12.5. The summed E-state index contributed by atoms with van der Waals surface area (Å²) < 4.78 is 0. The minimum absolute atomic E-state index is 0.681. The summed E-state index contributed by atoms with van der Waals surface area (Å²) in [6, 6.07) is 8.53. The lowest BCUT2D eigenvalue weighted by Gasteiger charge is -1.97. The normalized spacial score (nSPS) is 10.7. The number of nitrogens with zero attached hydrogens (tertiary/aromatic N) is 2. The van der Waals surface area contributed by atoms with Crippen molar-refractivity contribution in [3.63, 3.8) is 0 Å². The first-order valence-electron chi connectivity index (χ1n) is 5.81. The first-order valence-corrected chi connectivity index (χ1v) is 7.16. The van der Waals surface area contributed by atoms with E-state index in [4.69, 9.17) is 11.6 Å². The van der Waals surface area contributed by atoms with Crippen LogP contribution in [0.15, 0.2) is 24.3 Å². The third-order valence-corrected chi connectivity index (χ3v) is 3.90. The number of benzene rings is 1. The van der Waals surface area contributed by atoms with Gasteiger partial charge < -0.3 is 0 Å². The van der Waals surface area contributed by atoms with Crippen LogP contribution >= 0.6 is 22.9 Å². The van der Waals surface area contributed by atoms with Gasteiger partial charge in [0, 0.05) is 17.9 Å². The quantitative estimate of drug-likeness (QED) is 0.766. The number of hydrogen-bond acceptors (Lipinski definition) is 3. The van der Waals surface area contributed by atoms with E-state index in [-0.39, 0.29) is 0 Å². The molecule has 0 unspecified atom stereocenters. The Morgan fingerprint density at radius 1 is 1.18 bits per heavy atom. The zero-order valence-corrected chi connectivity index (χ0v) is 11.4. The molecule has 0 saturated heterocycles. The lowest BCUT2D eigenvalue weighted by Crippen LogP contribution is -1.84. The fourth-order valence-electron chi connectivity index (χ4n) is 1.57. The van der Waals surface area contributed by atoms with Crippen LogP contribution in [-0.2, 0) is 12.8 Å². The third kappa shape index (κ3) is 3.27. The molecule has 2 aromatic rings. The van der Waals surface area contributed by atoms with Crippen LogP contribution in [0.1, 0.15) is 23.9 Å². The second kappa shape index (κ2) is 6.12. The maximum absolute atomic E-state index is 5.67. The maximum Gasteiger partial charge on any atom is 0.147 e. The van der Waals surface area contributed by atoms with Crippen LogP contribution in [0, 0.1) is 0 Å². The van der Waals surface area contributed by atoms with Gasteiger partial charge >= 0.3 is 0 Å². The van der Waals surface area contributed by atoms with E-state index in [1.54, 1.807) is 11.3 Å². The molecule has 0 aliphatic carbocycles. The van der Waals surface area contributed by atoms with Crippen molar-refractivity contribution < 1.29 is 0 Å². The second-order valence-electron chi connectivity index (χ2n) is 3.84. The molecule has 2 rings (SSSR count). The Labute approximate surface area is 111 Å². The summed E-state index contributed by atoms with van der Waals surface area (Å²) in [5.41, 5.74) is 2.50. The van der Waals surface area contributed by atoms with Gasteiger partial charge in [0.2, 0.25) is 0 Å². The zero-order chi connectivity index (χ0) is 12.1. The number of aromatic nitrogens is 2. The van der Waals surface area contributed by atoms with E-state index in [0.717, 1.165) is 34.8 Å². The molecule has 17 heavy (non-hydrogen) atoms. The zero-order valence-electron chi connectivity index (χ0n) is 9.82. The van der Waals surface area contributed by atoms with Crippen molar-refractivity contribution >= 4 is 22.9 Å². The van der Waals surface area contributed by atoms with Crippen LogP contribution in [-0.4, -0.2) is 16.1 Å². The molecule has 0 fully saturated rings. The van der Waals surface area contributed by atoms with E-state index in [1.807, 2.05) is 0 Å². The molecule has 0 atom stereocenters. The van der Waals surface area contributed by atoms with Gasteiger partial charge in [0.15, 0.2) is 0 Å². The number of hydrogen-bond donors (Lipinski definition) is 0. The summed E-state index contributed by atoms with van der Waals surface area (Å²) in [6.45, 7) is 2.16. The molecule has 4 heteroatoms. The summed E-state index contributed by atoms with van der Waals surface area (Å²) >= 11 is 7.32. The van der Waals surface area contributed by atoms with Crippen LogP contribution in [0.2, 0.25) is 0 Å². The predicted molar refractivity (Wildman–Crippen MR) is 73.8 cm³/mol. The lowest BCUT2D eigenvalue weighted by molar-refractivity contribution is 0.884. The molecule has 90 valence electrons. The summed E-state index contributed by atoms with van der Waals surface area (Å²) in [5.74, 6) is 0.681. The molecule has 0 N–H and O–H groups in total. The minimum atomic E-state index is 0.681. The summed E-state index contributed by atoms with van der Waals surface area (Å²) in [5, 5.41) is 10.5. The van der Waals surface area contributed by atoms with Gasteiger partial charge in [0.1, 0.15) is 10.0 Å². The molecular weight excluding hydrogens is 252 g/mol. The van der Waals surface area contributed by atoms with Crippen molar-refractivity contribution in [1.29, 1.82) is 0 Å². The summed E-state index contributed by atoms with van der Waals surface area (Å²) in [6.07, 6.45) is 2.95. The fraction of sp³-hybridized carbons (Fsp3) is 0.385. The Kier molecular flexibility index (Phi) is 4.51.